The Morgan fingerprint density at radius 2 is 1.72 bits per heavy atom. The first-order chi connectivity index (χ1) is 14.1. The number of hydrogen-bond acceptors (Lipinski definition) is 4. The standard InChI is InChI=1S/C24H25NO3S/c1-4-28-23-14-7-18(24(26)25-20-8-10-21(27-3)11-9-20)15-19(23)16-29-22-12-5-17(2)6-13-22/h5-15H,4,16H2,1-3H3,(H,25,26). The molecule has 0 aromatic heterocycles. The second-order valence-corrected chi connectivity index (χ2v) is 7.59. The summed E-state index contributed by atoms with van der Waals surface area (Å²) in [4.78, 5) is 13.9. The van der Waals surface area contributed by atoms with E-state index in [1.807, 2.05) is 43.3 Å². The highest BCUT2D eigenvalue weighted by molar-refractivity contribution is 7.98. The van der Waals surface area contributed by atoms with Crippen molar-refractivity contribution >= 4 is 23.4 Å². The van der Waals surface area contributed by atoms with Gasteiger partial charge in [0.25, 0.3) is 5.91 Å². The summed E-state index contributed by atoms with van der Waals surface area (Å²) in [5.74, 6) is 2.13. The summed E-state index contributed by atoms with van der Waals surface area (Å²) in [5, 5.41) is 2.93. The minimum atomic E-state index is -0.153. The van der Waals surface area contributed by atoms with E-state index in [1.165, 1.54) is 10.5 Å². The molecule has 29 heavy (non-hydrogen) atoms. The maximum atomic E-state index is 12.7. The summed E-state index contributed by atoms with van der Waals surface area (Å²) < 4.78 is 10.9. The third kappa shape index (κ3) is 5.78. The number of nitrogens with one attached hydrogen (secondary N) is 1. The van der Waals surface area contributed by atoms with Gasteiger partial charge in [-0.25, -0.2) is 0 Å². The average Bonchev–Trinajstić information content (AvgIpc) is 2.75. The number of rotatable bonds is 8. The monoisotopic (exact) mass is 407 g/mol. The molecule has 0 saturated carbocycles. The van der Waals surface area contributed by atoms with Gasteiger partial charge in [0.15, 0.2) is 0 Å². The van der Waals surface area contributed by atoms with Gasteiger partial charge in [-0.3, -0.25) is 4.79 Å². The summed E-state index contributed by atoms with van der Waals surface area (Å²) in [6.45, 7) is 4.62. The summed E-state index contributed by atoms with van der Waals surface area (Å²) in [6, 6.07) is 21.3. The van der Waals surface area contributed by atoms with Crippen LogP contribution in [0.4, 0.5) is 5.69 Å². The first kappa shape index (κ1) is 20.8. The number of anilines is 1. The Morgan fingerprint density at radius 3 is 2.38 bits per heavy atom. The fourth-order valence-electron chi connectivity index (χ4n) is 2.80. The third-order valence-electron chi connectivity index (χ3n) is 4.39. The van der Waals surface area contributed by atoms with E-state index in [-0.39, 0.29) is 5.91 Å². The fraction of sp³-hybridized carbons (Fsp3) is 0.208. The van der Waals surface area contributed by atoms with Crippen LogP contribution in [0.15, 0.2) is 71.6 Å². The smallest absolute Gasteiger partial charge is 0.255 e. The zero-order valence-electron chi connectivity index (χ0n) is 16.9. The molecular weight excluding hydrogens is 382 g/mol. The van der Waals surface area contributed by atoms with Crippen LogP contribution in [-0.2, 0) is 5.75 Å². The molecule has 0 aliphatic rings. The van der Waals surface area contributed by atoms with Gasteiger partial charge in [0, 0.05) is 27.5 Å². The van der Waals surface area contributed by atoms with Gasteiger partial charge in [-0.15, -0.1) is 11.8 Å². The molecule has 0 aliphatic carbocycles. The average molecular weight is 408 g/mol. The normalized spacial score (nSPS) is 10.4. The van der Waals surface area contributed by atoms with Crippen LogP contribution in [-0.4, -0.2) is 19.6 Å². The van der Waals surface area contributed by atoms with Gasteiger partial charge in [0.2, 0.25) is 0 Å². The van der Waals surface area contributed by atoms with E-state index in [0.29, 0.717) is 12.2 Å². The van der Waals surface area contributed by atoms with Crippen LogP contribution in [0.1, 0.15) is 28.4 Å². The minimum Gasteiger partial charge on any atom is -0.497 e. The number of benzene rings is 3. The van der Waals surface area contributed by atoms with Gasteiger partial charge in [0.1, 0.15) is 11.5 Å². The van der Waals surface area contributed by atoms with E-state index in [2.05, 4.69) is 36.5 Å². The molecule has 0 fully saturated rings. The number of amides is 1. The van der Waals surface area contributed by atoms with Crippen molar-refractivity contribution in [3.05, 3.63) is 83.4 Å². The summed E-state index contributed by atoms with van der Waals surface area (Å²) in [5.41, 5.74) is 3.56. The number of aryl methyl sites for hydroxylation is 1. The zero-order valence-corrected chi connectivity index (χ0v) is 17.7. The molecule has 0 aliphatic heterocycles. The highest BCUT2D eigenvalue weighted by atomic mass is 32.2. The van der Waals surface area contributed by atoms with E-state index in [9.17, 15) is 4.79 Å². The molecule has 0 bridgehead atoms. The van der Waals surface area contributed by atoms with Gasteiger partial charge in [-0.05, 0) is 68.4 Å². The molecule has 150 valence electrons. The lowest BCUT2D eigenvalue weighted by Gasteiger charge is -2.13. The van der Waals surface area contributed by atoms with Gasteiger partial charge >= 0.3 is 0 Å². The van der Waals surface area contributed by atoms with Gasteiger partial charge < -0.3 is 14.8 Å². The van der Waals surface area contributed by atoms with E-state index < -0.39 is 0 Å². The Morgan fingerprint density at radius 1 is 1.00 bits per heavy atom. The predicted molar refractivity (Wildman–Crippen MR) is 119 cm³/mol. The van der Waals surface area contributed by atoms with Crippen LogP contribution < -0.4 is 14.8 Å². The van der Waals surface area contributed by atoms with Crippen molar-refractivity contribution in [1.29, 1.82) is 0 Å². The second-order valence-electron chi connectivity index (χ2n) is 6.54. The van der Waals surface area contributed by atoms with Crippen LogP contribution in [0.2, 0.25) is 0 Å². The lowest BCUT2D eigenvalue weighted by molar-refractivity contribution is 0.102. The molecule has 1 amide bonds. The molecule has 0 unspecified atom stereocenters. The van der Waals surface area contributed by atoms with Crippen LogP contribution in [0.3, 0.4) is 0 Å². The molecule has 1 N–H and O–H groups in total. The van der Waals surface area contributed by atoms with E-state index >= 15 is 0 Å². The molecule has 3 aromatic carbocycles. The Balaban J connectivity index is 1.75. The molecular formula is C24H25NO3S. The van der Waals surface area contributed by atoms with Crippen molar-refractivity contribution in [3.63, 3.8) is 0 Å². The quantitative estimate of drug-likeness (QED) is 0.469. The molecule has 0 spiro atoms. The first-order valence-corrected chi connectivity index (χ1v) is 10.5. The lowest BCUT2D eigenvalue weighted by atomic mass is 10.1. The Bertz CT molecular complexity index is 953. The van der Waals surface area contributed by atoms with E-state index in [4.69, 9.17) is 9.47 Å². The van der Waals surface area contributed by atoms with Crippen molar-refractivity contribution in [2.45, 2.75) is 24.5 Å². The lowest BCUT2D eigenvalue weighted by Crippen LogP contribution is -2.12. The molecule has 3 aromatic rings. The molecule has 0 radical (unpaired) electrons. The number of ether oxygens (including phenoxy) is 2. The summed E-state index contributed by atoms with van der Waals surface area (Å²) in [7, 11) is 1.61. The Kier molecular flexibility index (Phi) is 7.19. The van der Waals surface area contributed by atoms with E-state index in [1.54, 1.807) is 24.9 Å². The maximum absolute atomic E-state index is 12.7. The summed E-state index contributed by atoms with van der Waals surface area (Å²) >= 11 is 1.73. The van der Waals surface area contributed by atoms with Gasteiger partial charge in [0.05, 0.1) is 13.7 Å². The topological polar surface area (TPSA) is 47.6 Å². The van der Waals surface area contributed by atoms with Gasteiger partial charge in [-0.2, -0.15) is 0 Å². The van der Waals surface area contributed by atoms with Crippen molar-refractivity contribution in [2.24, 2.45) is 0 Å². The van der Waals surface area contributed by atoms with Crippen molar-refractivity contribution in [2.75, 3.05) is 19.0 Å². The van der Waals surface area contributed by atoms with Crippen molar-refractivity contribution < 1.29 is 14.3 Å². The third-order valence-corrected chi connectivity index (χ3v) is 5.45. The number of hydrogen-bond donors (Lipinski definition) is 1. The summed E-state index contributed by atoms with van der Waals surface area (Å²) in [6.07, 6.45) is 0. The zero-order chi connectivity index (χ0) is 20.6. The van der Waals surface area contributed by atoms with Crippen LogP contribution in [0.25, 0.3) is 0 Å². The molecule has 0 heterocycles. The first-order valence-electron chi connectivity index (χ1n) is 9.49. The minimum absolute atomic E-state index is 0.153. The van der Waals surface area contributed by atoms with E-state index in [0.717, 1.165) is 28.5 Å². The molecule has 5 heteroatoms. The number of carbonyl (C=O) groups excluding carboxylic acids is 1. The SMILES string of the molecule is CCOc1ccc(C(=O)Nc2ccc(OC)cc2)cc1CSc1ccc(C)cc1. The number of carbonyl (C=O) groups is 1. The molecule has 4 nitrogen and oxygen atoms in total. The van der Waals surface area contributed by atoms with Crippen LogP contribution in [0, 0.1) is 6.92 Å². The number of thioether (sulfide) groups is 1. The number of methoxy groups -OCH3 is 1. The molecule has 0 atom stereocenters. The van der Waals surface area contributed by atoms with Crippen LogP contribution in [0.5, 0.6) is 11.5 Å². The fourth-order valence-corrected chi connectivity index (χ4v) is 3.68. The highest BCUT2D eigenvalue weighted by Crippen LogP contribution is 2.29. The predicted octanol–water partition coefficient (Wildman–Crippen LogP) is 5.95. The van der Waals surface area contributed by atoms with Gasteiger partial charge in [-0.1, -0.05) is 17.7 Å². The van der Waals surface area contributed by atoms with Crippen LogP contribution >= 0.6 is 11.8 Å². The largest absolute Gasteiger partial charge is 0.497 e. The van der Waals surface area contributed by atoms with Crippen molar-refractivity contribution in [3.8, 4) is 11.5 Å². The Hall–Kier alpha value is -2.92. The second kappa shape index (κ2) is 10.0. The van der Waals surface area contributed by atoms with Crippen molar-refractivity contribution in [1.82, 2.24) is 0 Å². The highest BCUT2D eigenvalue weighted by Gasteiger charge is 2.12. The maximum Gasteiger partial charge on any atom is 0.255 e. The molecule has 0 saturated heterocycles. The molecule has 3 rings (SSSR count). The Labute approximate surface area is 176 Å².